The highest BCUT2D eigenvalue weighted by Crippen LogP contribution is 2.44. The summed E-state index contributed by atoms with van der Waals surface area (Å²) < 4.78 is 62.1. The number of aromatic nitrogens is 2. The lowest BCUT2D eigenvalue weighted by molar-refractivity contribution is -0.288. The fraction of sp³-hybridized carbons (Fsp3) is 0.500. The Morgan fingerprint density at radius 1 is 1.17 bits per heavy atom. The summed E-state index contributed by atoms with van der Waals surface area (Å²) in [6, 6.07) is 0. The van der Waals surface area contributed by atoms with Gasteiger partial charge in [-0.1, -0.05) is 4.49 Å². The van der Waals surface area contributed by atoms with E-state index in [1.54, 1.807) is 0 Å². The number of halogens is 5. The highest BCUT2D eigenvalue weighted by Gasteiger charge is 2.60. The third kappa shape index (κ3) is 1.38. The summed E-state index contributed by atoms with van der Waals surface area (Å²) in [4.78, 5) is -1.32. The molecule has 0 aliphatic heterocycles. The second-order valence-corrected chi connectivity index (χ2v) is 2.54. The molecular weight excluding hydrogens is 203 g/mol. The van der Waals surface area contributed by atoms with Crippen molar-refractivity contribution in [1.82, 2.24) is 9.59 Å². The molecule has 0 N–H and O–H groups in total. The van der Waals surface area contributed by atoms with Gasteiger partial charge in [-0.15, -0.1) is 5.10 Å². The summed E-state index contributed by atoms with van der Waals surface area (Å²) in [6.45, 7) is 0. The van der Waals surface area contributed by atoms with Crippen LogP contribution in [0.3, 0.4) is 0 Å². The second kappa shape index (κ2) is 2.61. The molecule has 0 atom stereocenters. The molecule has 1 rings (SSSR count). The van der Waals surface area contributed by atoms with Crippen LogP contribution in [0.15, 0.2) is 0 Å². The Morgan fingerprint density at radius 3 is 2.08 bits per heavy atom. The van der Waals surface area contributed by atoms with Crippen LogP contribution in [0.25, 0.3) is 0 Å². The van der Waals surface area contributed by atoms with Gasteiger partial charge >= 0.3 is 12.1 Å². The number of hydrogen-bond donors (Lipinski definition) is 0. The molecule has 0 saturated heterocycles. The van der Waals surface area contributed by atoms with Crippen LogP contribution in [0.2, 0.25) is 0 Å². The van der Waals surface area contributed by atoms with Crippen LogP contribution in [-0.4, -0.2) is 15.8 Å². The smallest absolute Gasteiger partial charge is 0.190 e. The van der Waals surface area contributed by atoms with E-state index in [2.05, 4.69) is 9.59 Å². The third-order valence-electron chi connectivity index (χ3n) is 0.966. The quantitative estimate of drug-likeness (QED) is 0.652. The van der Waals surface area contributed by atoms with Crippen molar-refractivity contribution in [3.8, 4) is 0 Å². The fourth-order valence-corrected chi connectivity index (χ4v) is 0.879. The van der Waals surface area contributed by atoms with Crippen LogP contribution in [0.1, 0.15) is 4.88 Å². The summed E-state index contributed by atoms with van der Waals surface area (Å²) in [5.74, 6) is -4.90. The predicted octanol–water partition coefficient (Wildman–Crippen LogP) is 1.99. The van der Waals surface area contributed by atoms with Gasteiger partial charge in [-0.3, -0.25) is 0 Å². The van der Waals surface area contributed by atoms with Gasteiger partial charge in [0.2, 0.25) is 0 Å². The molecule has 0 spiro atoms. The zero-order valence-electron chi connectivity index (χ0n) is 5.19. The average molecular weight is 203 g/mol. The second-order valence-electron chi connectivity index (χ2n) is 1.79. The molecule has 12 heavy (non-hydrogen) atoms. The van der Waals surface area contributed by atoms with E-state index in [1.165, 1.54) is 6.20 Å². The molecule has 0 aliphatic carbocycles. The molecule has 0 bridgehead atoms. The molecule has 2 nitrogen and oxygen atoms in total. The molecule has 67 valence electrons. The Morgan fingerprint density at radius 2 is 1.75 bits per heavy atom. The van der Waals surface area contributed by atoms with Crippen LogP contribution in [-0.2, 0) is 5.92 Å². The Balaban J connectivity index is 3.02. The molecule has 0 unspecified atom stereocenters. The van der Waals surface area contributed by atoms with Crippen molar-refractivity contribution in [2.75, 3.05) is 0 Å². The molecule has 0 fully saturated rings. The molecule has 1 aromatic heterocycles. The van der Waals surface area contributed by atoms with Crippen molar-refractivity contribution in [3.05, 3.63) is 11.1 Å². The minimum Gasteiger partial charge on any atom is -0.190 e. The standard InChI is InChI=1S/C4F5N2S/c5-3(6,4(7,8)9)2-1-10-11-12-2. The summed E-state index contributed by atoms with van der Waals surface area (Å²) in [7, 11) is 0. The van der Waals surface area contributed by atoms with Gasteiger partial charge in [-0.05, 0) is 11.5 Å². The first kappa shape index (κ1) is 9.30. The van der Waals surface area contributed by atoms with E-state index in [0.29, 0.717) is 0 Å². The molecule has 1 radical (unpaired) electrons. The van der Waals surface area contributed by atoms with E-state index in [-0.39, 0.29) is 11.5 Å². The number of hydrogen-bond acceptors (Lipinski definition) is 3. The maximum Gasteiger partial charge on any atom is 0.459 e. The largest absolute Gasteiger partial charge is 0.459 e. The van der Waals surface area contributed by atoms with Crippen molar-refractivity contribution < 1.29 is 22.0 Å². The predicted molar refractivity (Wildman–Crippen MR) is 28.7 cm³/mol. The minimum atomic E-state index is -5.61. The van der Waals surface area contributed by atoms with Crippen molar-refractivity contribution in [2.24, 2.45) is 0 Å². The first-order chi connectivity index (χ1) is 5.36. The van der Waals surface area contributed by atoms with Crippen LogP contribution in [0.5, 0.6) is 0 Å². The van der Waals surface area contributed by atoms with Gasteiger partial charge < -0.3 is 0 Å². The van der Waals surface area contributed by atoms with Gasteiger partial charge in [-0.25, -0.2) is 0 Å². The van der Waals surface area contributed by atoms with E-state index in [0.717, 1.165) is 0 Å². The first-order valence-corrected chi connectivity index (χ1v) is 3.28. The van der Waals surface area contributed by atoms with Gasteiger partial charge in [0, 0.05) is 0 Å². The highest BCUT2D eigenvalue weighted by molar-refractivity contribution is 7.05. The Labute approximate surface area is 67.2 Å². The molecule has 0 aliphatic rings. The van der Waals surface area contributed by atoms with Gasteiger partial charge in [0.15, 0.2) is 0 Å². The zero-order valence-corrected chi connectivity index (χ0v) is 6.01. The van der Waals surface area contributed by atoms with E-state index in [4.69, 9.17) is 0 Å². The number of nitrogens with zero attached hydrogens (tertiary/aromatic N) is 2. The van der Waals surface area contributed by atoms with E-state index in [9.17, 15) is 22.0 Å². The normalized spacial score (nSPS) is 13.4. The highest BCUT2D eigenvalue weighted by atomic mass is 32.1. The van der Waals surface area contributed by atoms with Crippen molar-refractivity contribution in [2.45, 2.75) is 12.1 Å². The lowest BCUT2D eigenvalue weighted by Crippen LogP contribution is -2.32. The lowest BCUT2D eigenvalue weighted by Gasteiger charge is -2.16. The van der Waals surface area contributed by atoms with Gasteiger partial charge in [0.05, 0.1) is 0 Å². The lowest BCUT2D eigenvalue weighted by atomic mass is 10.3. The molecule has 8 heteroatoms. The summed E-state index contributed by atoms with van der Waals surface area (Å²) in [5, 5.41) is 2.77. The van der Waals surface area contributed by atoms with Crippen LogP contribution in [0, 0.1) is 6.20 Å². The molecule has 1 heterocycles. The monoisotopic (exact) mass is 203 g/mol. The zero-order chi connectivity index (χ0) is 9.41. The Hall–Kier alpha value is -0.790. The fourth-order valence-electron chi connectivity index (χ4n) is 0.404. The number of rotatable bonds is 1. The van der Waals surface area contributed by atoms with Crippen LogP contribution >= 0.6 is 11.5 Å². The van der Waals surface area contributed by atoms with Crippen molar-refractivity contribution >= 4 is 11.5 Å². The van der Waals surface area contributed by atoms with E-state index < -0.39 is 17.0 Å². The third-order valence-corrected chi connectivity index (χ3v) is 1.66. The molecule has 0 amide bonds. The summed E-state index contributed by atoms with van der Waals surface area (Å²) >= 11 is -0.0299. The maximum atomic E-state index is 12.3. The van der Waals surface area contributed by atoms with Crippen molar-refractivity contribution in [1.29, 1.82) is 0 Å². The Bertz CT molecular complexity index is 253. The average Bonchev–Trinajstić information content (AvgIpc) is 2.34. The van der Waals surface area contributed by atoms with E-state index >= 15 is 0 Å². The topological polar surface area (TPSA) is 25.8 Å². The van der Waals surface area contributed by atoms with Crippen LogP contribution in [0.4, 0.5) is 22.0 Å². The summed E-state index contributed by atoms with van der Waals surface area (Å²) in [6.07, 6.45) is -4.14. The van der Waals surface area contributed by atoms with Gasteiger partial charge in [0.1, 0.15) is 11.1 Å². The van der Waals surface area contributed by atoms with E-state index in [1.807, 2.05) is 0 Å². The van der Waals surface area contributed by atoms with Crippen LogP contribution < -0.4 is 0 Å². The van der Waals surface area contributed by atoms with Gasteiger partial charge in [-0.2, -0.15) is 22.0 Å². The van der Waals surface area contributed by atoms with Crippen molar-refractivity contribution in [3.63, 3.8) is 0 Å². The molecule has 1 aromatic rings. The Kier molecular flexibility index (Phi) is 2.02. The SMILES string of the molecule is FC(F)(F)C(F)(F)c1[c]nns1. The molecular formula is C4F5N2S. The minimum absolute atomic E-state index is 0.0299. The first-order valence-electron chi connectivity index (χ1n) is 2.51. The maximum absolute atomic E-state index is 12.3. The summed E-state index contributed by atoms with van der Waals surface area (Å²) in [5.41, 5.74) is 0. The number of alkyl halides is 5. The molecule has 0 saturated carbocycles. The molecule has 0 aromatic carbocycles. The van der Waals surface area contributed by atoms with Gasteiger partial charge in [0.25, 0.3) is 0 Å².